The van der Waals surface area contributed by atoms with Crippen molar-refractivity contribution in [2.75, 3.05) is 20.2 Å². The molecule has 3 N–H and O–H groups in total. The second-order valence-electron chi connectivity index (χ2n) is 4.32. The van der Waals surface area contributed by atoms with Gasteiger partial charge in [-0.15, -0.1) is 0 Å². The average molecular weight is 253 g/mol. The molecule has 0 aromatic heterocycles. The van der Waals surface area contributed by atoms with Gasteiger partial charge in [0.15, 0.2) is 5.60 Å². The summed E-state index contributed by atoms with van der Waals surface area (Å²) in [4.78, 5) is 10.7. The van der Waals surface area contributed by atoms with E-state index in [1.54, 1.807) is 7.11 Å². The molecule has 0 spiro atoms. The molecule has 0 heterocycles. The van der Waals surface area contributed by atoms with Gasteiger partial charge < -0.3 is 20.3 Å². The number of methoxy groups -OCH3 is 1. The summed E-state index contributed by atoms with van der Waals surface area (Å²) in [6, 6.07) is 7.65. The average Bonchev–Trinajstić information content (AvgIpc) is 2.35. The molecule has 100 valence electrons. The van der Waals surface area contributed by atoms with E-state index in [1.807, 2.05) is 24.3 Å². The highest BCUT2D eigenvalue weighted by Crippen LogP contribution is 2.17. The quantitative estimate of drug-likeness (QED) is 0.622. The van der Waals surface area contributed by atoms with Gasteiger partial charge in [0.2, 0.25) is 0 Å². The van der Waals surface area contributed by atoms with Crippen molar-refractivity contribution in [3.05, 3.63) is 29.8 Å². The number of aliphatic hydroxyl groups is 1. The zero-order valence-electron chi connectivity index (χ0n) is 10.6. The molecule has 0 amide bonds. The van der Waals surface area contributed by atoms with Crippen molar-refractivity contribution in [3.8, 4) is 5.75 Å². The Morgan fingerprint density at radius 3 is 2.72 bits per heavy atom. The van der Waals surface area contributed by atoms with E-state index in [4.69, 9.17) is 9.84 Å². The summed E-state index contributed by atoms with van der Waals surface area (Å²) in [5.41, 5.74) is -0.691. The maximum Gasteiger partial charge on any atom is 0.336 e. The summed E-state index contributed by atoms with van der Waals surface area (Å²) in [5, 5.41) is 21.2. The lowest BCUT2D eigenvalue weighted by molar-refractivity contribution is -0.156. The van der Waals surface area contributed by atoms with Crippen molar-refractivity contribution >= 4 is 5.97 Å². The van der Waals surface area contributed by atoms with Crippen molar-refractivity contribution in [1.82, 2.24) is 5.32 Å². The van der Waals surface area contributed by atoms with Crippen LogP contribution in [0, 0.1) is 0 Å². The van der Waals surface area contributed by atoms with Crippen LogP contribution in [0.15, 0.2) is 24.3 Å². The van der Waals surface area contributed by atoms with E-state index >= 15 is 0 Å². The molecule has 5 nitrogen and oxygen atoms in total. The third kappa shape index (κ3) is 4.01. The fourth-order valence-electron chi connectivity index (χ4n) is 1.54. The van der Waals surface area contributed by atoms with Crippen LogP contribution in [0.3, 0.4) is 0 Å². The Hall–Kier alpha value is -1.59. The fourth-order valence-corrected chi connectivity index (χ4v) is 1.54. The highest BCUT2D eigenvalue weighted by atomic mass is 16.5. The van der Waals surface area contributed by atoms with Crippen LogP contribution >= 0.6 is 0 Å². The number of benzene rings is 1. The number of carboxylic acids is 1. The van der Waals surface area contributed by atoms with E-state index < -0.39 is 11.6 Å². The molecule has 0 aliphatic heterocycles. The van der Waals surface area contributed by atoms with Gasteiger partial charge in [-0.05, 0) is 31.5 Å². The van der Waals surface area contributed by atoms with E-state index in [0.717, 1.165) is 11.3 Å². The maximum absolute atomic E-state index is 10.7. The Balaban J connectivity index is 2.41. The molecule has 0 aliphatic carbocycles. The summed E-state index contributed by atoms with van der Waals surface area (Å²) in [5.74, 6) is -0.420. The van der Waals surface area contributed by atoms with Crippen molar-refractivity contribution in [2.45, 2.75) is 18.9 Å². The molecule has 0 radical (unpaired) electrons. The first-order valence-corrected chi connectivity index (χ1v) is 5.76. The SMILES string of the molecule is COc1ccccc1CCNCC(C)(O)C(=O)O. The number of para-hydroxylation sites is 1. The second kappa shape index (κ2) is 6.37. The van der Waals surface area contributed by atoms with Crippen LogP contribution in [-0.2, 0) is 11.2 Å². The third-order valence-electron chi connectivity index (χ3n) is 2.69. The molecule has 5 heteroatoms. The molecule has 1 aromatic rings. The molecule has 18 heavy (non-hydrogen) atoms. The summed E-state index contributed by atoms with van der Waals surface area (Å²) < 4.78 is 5.21. The Bertz CT molecular complexity index is 404. The van der Waals surface area contributed by atoms with Gasteiger partial charge in [0.05, 0.1) is 7.11 Å². The standard InChI is InChI=1S/C13H19NO4/c1-13(17,12(15)16)9-14-8-7-10-5-3-4-6-11(10)18-2/h3-6,14,17H,7-9H2,1-2H3,(H,15,16). The predicted molar refractivity (Wildman–Crippen MR) is 67.8 cm³/mol. The number of nitrogens with one attached hydrogen (secondary N) is 1. The van der Waals surface area contributed by atoms with Crippen molar-refractivity contribution in [1.29, 1.82) is 0 Å². The molecule has 0 fully saturated rings. The number of rotatable bonds is 7. The van der Waals surface area contributed by atoms with Gasteiger partial charge >= 0.3 is 5.97 Å². The molecule has 0 saturated carbocycles. The zero-order valence-corrected chi connectivity index (χ0v) is 10.6. The van der Waals surface area contributed by atoms with E-state index in [9.17, 15) is 9.90 Å². The molecule has 0 aliphatic rings. The van der Waals surface area contributed by atoms with Crippen molar-refractivity contribution in [3.63, 3.8) is 0 Å². The monoisotopic (exact) mass is 253 g/mol. The Kier molecular flexibility index (Phi) is 5.12. The van der Waals surface area contributed by atoms with Crippen LogP contribution in [0.4, 0.5) is 0 Å². The molecule has 0 bridgehead atoms. The summed E-state index contributed by atoms with van der Waals surface area (Å²) >= 11 is 0. The number of hydrogen-bond donors (Lipinski definition) is 3. The van der Waals surface area contributed by atoms with E-state index in [-0.39, 0.29) is 6.54 Å². The Morgan fingerprint density at radius 2 is 2.11 bits per heavy atom. The number of carbonyl (C=O) groups is 1. The first-order valence-electron chi connectivity index (χ1n) is 5.76. The lowest BCUT2D eigenvalue weighted by Crippen LogP contribution is -2.45. The number of ether oxygens (including phenoxy) is 1. The minimum atomic E-state index is -1.74. The third-order valence-corrected chi connectivity index (χ3v) is 2.69. The summed E-state index contributed by atoms with van der Waals surface area (Å²) in [6.45, 7) is 1.85. The first-order chi connectivity index (χ1) is 8.47. The maximum atomic E-state index is 10.7. The van der Waals surface area contributed by atoms with E-state index in [0.29, 0.717) is 13.0 Å². The molecular formula is C13H19NO4. The van der Waals surface area contributed by atoms with Crippen LogP contribution in [0.1, 0.15) is 12.5 Å². The first kappa shape index (κ1) is 14.5. The number of carboxylic acid groups (broad SMARTS) is 1. The lowest BCUT2D eigenvalue weighted by atomic mass is 10.1. The van der Waals surface area contributed by atoms with Crippen LogP contribution in [-0.4, -0.2) is 42.0 Å². The summed E-state index contributed by atoms with van der Waals surface area (Å²) in [7, 11) is 1.61. The molecular weight excluding hydrogens is 234 g/mol. The zero-order chi connectivity index (χ0) is 13.6. The van der Waals surface area contributed by atoms with Crippen LogP contribution in [0.2, 0.25) is 0 Å². The van der Waals surface area contributed by atoms with Gasteiger partial charge in [-0.25, -0.2) is 4.79 Å². The highest BCUT2D eigenvalue weighted by Gasteiger charge is 2.28. The predicted octanol–water partition coefficient (Wildman–Crippen LogP) is 0.663. The largest absolute Gasteiger partial charge is 0.496 e. The van der Waals surface area contributed by atoms with Gasteiger partial charge in [-0.3, -0.25) is 0 Å². The van der Waals surface area contributed by atoms with Gasteiger partial charge in [0, 0.05) is 6.54 Å². The topological polar surface area (TPSA) is 78.8 Å². The second-order valence-corrected chi connectivity index (χ2v) is 4.32. The highest BCUT2D eigenvalue weighted by molar-refractivity contribution is 5.76. The number of aliphatic carboxylic acids is 1. The van der Waals surface area contributed by atoms with Crippen LogP contribution < -0.4 is 10.1 Å². The minimum Gasteiger partial charge on any atom is -0.496 e. The normalized spacial score (nSPS) is 13.9. The Labute approximate surface area is 106 Å². The van der Waals surface area contributed by atoms with E-state index in [2.05, 4.69) is 5.32 Å². The molecule has 1 atom stereocenters. The van der Waals surface area contributed by atoms with Crippen molar-refractivity contribution in [2.24, 2.45) is 0 Å². The summed E-state index contributed by atoms with van der Waals surface area (Å²) in [6.07, 6.45) is 0.708. The molecule has 1 rings (SSSR count). The molecule has 1 aromatic carbocycles. The van der Waals surface area contributed by atoms with Gasteiger partial charge in [-0.1, -0.05) is 18.2 Å². The molecule has 0 saturated heterocycles. The lowest BCUT2D eigenvalue weighted by Gasteiger charge is -2.18. The van der Waals surface area contributed by atoms with Gasteiger partial charge in [0.25, 0.3) is 0 Å². The molecule has 1 unspecified atom stereocenters. The van der Waals surface area contributed by atoms with E-state index in [1.165, 1.54) is 6.92 Å². The smallest absolute Gasteiger partial charge is 0.336 e. The van der Waals surface area contributed by atoms with Crippen LogP contribution in [0.5, 0.6) is 5.75 Å². The minimum absolute atomic E-state index is 0.0114. The fraction of sp³-hybridized carbons (Fsp3) is 0.462. The van der Waals surface area contributed by atoms with Crippen LogP contribution in [0.25, 0.3) is 0 Å². The Morgan fingerprint density at radius 1 is 1.44 bits per heavy atom. The van der Waals surface area contributed by atoms with Crippen molar-refractivity contribution < 1.29 is 19.7 Å². The van der Waals surface area contributed by atoms with Gasteiger partial charge in [0.1, 0.15) is 5.75 Å². The number of hydrogen-bond acceptors (Lipinski definition) is 4. The van der Waals surface area contributed by atoms with Gasteiger partial charge in [-0.2, -0.15) is 0 Å².